The predicted octanol–water partition coefficient (Wildman–Crippen LogP) is 2.35. The Morgan fingerprint density at radius 3 is 2.94 bits per heavy atom. The van der Waals surface area contributed by atoms with Gasteiger partial charge in [-0.1, -0.05) is 22.0 Å². The third kappa shape index (κ3) is 4.37. The van der Waals surface area contributed by atoms with Crippen LogP contribution in [0, 0.1) is 0 Å². The standard InChI is InChI=1S/C21H19BrN4O6/c1-2-31-17(28)6-11-12(22)7-14-18(11)20(29)26-19(25-14)21(30)23-8-10-3-4-15-13(5-10)24-16(27)9-32-15/h3-5,7,29H,2,6,8-9H2,1H3,(H,23,30)(H,24,27)(H,25,26). The maximum absolute atomic E-state index is 12.6. The van der Waals surface area contributed by atoms with Crippen molar-refractivity contribution in [1.29, 1.82) is 0 Å². The van der Waals surface area contributed by atoms with E-state index >= 15 is 0 Å². The Balaban J connectivity index is 1.51. The van der Waals surface area contributed by atoms with E-state index in [0.717, 1.165) is 5.56 Å². The molecule has 0 atom stereocenters. The number of hydrogen-bond donors (Lipinski definition) is 4. The van der Waals surface area contributed by atoms with E-state index in [-0.39, 0.29) is 43.8 Å². The van der Waals surface area contributed by atoms with Crippen LogP contribution in [-0.2, 0) is 27.3 Å². The number of fused-ring (bicyclic) bond motifs is 2. The van der Waals surface area contributed by atoms with Gasteiger partial charge in [-0.05, 0) is 36.2 Å². The second kappa shape index (κ2) is 8.87. The van der Waals surface area contributed by atoms with E-state index in [9.17, 15) is 19.5 Å². The Morgan fingerprint density at radius 1 is 1.34 bits per heavy atom. The van der Waals surface area contributed by atoms with Crippen LogP contribution in [-0.4, -0.2) is 46.1 Å². The van der Waals surface area contributed by atoms with Gasteiger partial charge in [0, 0.05) is 11.0 Å². The molecule has 4 N–H and O–H groups in total. The highest BCUT2D eigenvalue weighted by Crippen LogP contribution is 2.39. The van der Waals surface area contributed by atoms with Crippen molar-refractivity contribution in [2.45, 2.75) is 19.9 Å². The number of H-pyrrole nitrogens is 1. The number of aromatic nitrogens is 2. The van der Waals surface area contributed by atoms with Crippen LogP contribution in [0.5, 0.6) is 11.6 Å². The van der Waals surface area contributed by atoms with Gasteiger partial charge in [0.05, 0.1) is 30.0 Å². The molecule has 0 unspecified atom stereocenters. The predicted molar refractivity (Wildman–Crippen MR) is 117 cm³/mol. The second-order valence-electron chi connectivity index (χ2n) is 7.00. The molecule has 0 fully saturated rings. The summed E-state index contributed by atoms with van der Waals surface area (Å²) in [5.41, 5.74) is 2.58. The van der Waals surface area contributed by atoms with Gasteiger partial charge in [0.15, 0.2) is 12.4 Å². The lowest BCUT2D eigenvalue weighted by molar-refractivity contribution is -0.142. The fourth-order valence-electron chi connectivity index (χ4n) is 3.38. The number of rotatable bonds is 6. The molecule has 0 spiro atoms. The van der Waals surface area contributed by atoms with Crippen LogP contribution in [0.4, 0.5) is 5.69 Å². The summed E-state index contributed by atoms with van der Waals surface area (Å²) in [6.07, 6.45) is -0.0505. The van der Waals surface area contributed by atoms with E-state index in [4.69, 9.17) is 9.47 Å². The van der Waals surface area contributed by atoms with Crippen LogP contribution < -0.4 is 15.4 Å². The third-order valence-electron chi connectivity index (χ3n) is 4.80. The van der Waals surface area contributed by atoms with E-state index in [2.05, 4.69) is 36.5 Å². The highest BCUT2D eigenvalue weighted by Gasteiger charge is 2.25. The molecule has 1 aliphatic carbocycles. The molecule has 2 amide bonds. The van der Waals surface area contributed by atoms with Crippen LogP contribution in [0.25, 0.3) is 11.3 Å². The monoisotopic (exact) mass is 502 g/mol. The first-order chi connectivity index (χ1) is 15.4. The lowest BCUT2D eigenvalue weighted by Crippen LogP contribution is -2.27. The SMILES string of the molecule is CCOC(=O)Cc1c(Br)cc2[nH]c(C(=O)NCc3ccc4c(c3)NC(=O)CO4)nc(O)c1-2. The van der Waals surface area contributed by atoms with Crippen molar-refractivity contribution in [2.75, 3.05) is 18.5 Å². The average Bonchev–Trinajstić information content (AvgIpc) is 3.07. The summed E-state index contributed by atoms with van der Waals surface area (Å²) >= 11 is 3.37. The molecule has 0 radical (unpaired) electrons. The van der Waals surface area contributed by atoms with Gasteiger partial charge in [-0.2, -0.15) is 4.98 Å². The first kappa shape index (κ1) is 21.6. The largest absolute Gasteiger partial charge is 0.493 e. The normalized spacial score (nSPS) is 12.6. The Morgan fingerprint density at radius 2 is 2.16 bits per heavy atom. The maximum atomic E-state index is 12.6. The number of nitrogens with zero attached hydrogens (tertiary/aromatic N) is 1. The van der Waals surface area contributed by atoms with Crippen molar-refractivity contribution < 1.29 is 29.0 Å². The minimum absolute atomic E-state index is 0.0318. The highest BCUT2D eigenvalue weighted by molar-refractivity contribution is 9.10. The number of benzene rings is 1. The Bertz CT molecular complexity index is 1190. The number of carbonyl (C=O) groups excluding carboxylic acids is 3. The van der Waals surface area contributed by atoms with E-state index in [1.54, 1.807) is 31.2 Å². The quantitative estimate of drug-likeness (QED) is 0.378. The van der Waals surface area contributed by atoms with E-state index in [1.165, 1.54) is 0 Å². The highest BCUT2D eigenvalue weighted by atomic mass is 79.9. The average molecular weight is 503 g/mol. The zero-order chi connectivity index (χ0) is 22.8. The van der Waals surface area contributed by atoms with Crippen molar-refractivity contribution in [1.82, 2.24) is 15.3 Å². The van der Waals surface area contributed by atoms with Gasteiger partial charge in [0.25, 0.3) is 11.8 Å². The summed E-state index contributed by atoms with van der Waals surface area (Å²) < 4.78 is 10.9. The maximum Gasteiger partial charge on any atom is 0.310 e. The zero-order valence-corrected chi connectivity index (χ0v) is 18.5. The van der Waals surface area contributed by atoms with Crippen molar-refractivity contribution in [3.63, 3.8) is 0 Å². The molecule has 2 aliphatic heterocycles. The van der Waals surface area contributed by atoms with Crippen molar-refractivity contribution in [3.8, 4) is 22.9 Å². The molecule has 4 rings (SSSR count). The minimum atomic E-state index is -0.538. The first-order valence-electron chi connectivity index (χ1n) is 9.75. The second-order valence-corrected chi connectivity index (χ2v) is 7.85. The number of carbonyl (C=O) groups is 3. The van der Waals surface area contributed by atoms with Gasteiger partial charge in [0.2, 0.25) is 5.88 Å². The van der Waals surface area contributed by atoms with Crippen LogP contribution in [0.15, 0.2) is 28.7 Å². The van der Waals surface area contributed by atoms with E-state index in [1.807, 2.05) is 0 Å². The molecule has 0 saturated heterocycles. The van der Waals surface area contributed by atoms with Gasteiger partial charge in [-0.15, -0.1) is 0 Å². The Hall–Kier alpha value is -3.60. The number of hydrogen-bond acceptors (Lipinski definition) is 7. The zero-order valence-electron chi connectivity index (χ0n) is 17.0. The molecule has 166 valence electrons. The first-order valence-corrected chi connectivity index (χ1v) is 10.5. The molecule has 1 aromatic rings. The molecule has 11 heteroatoms. The van der Waals surface area contributed by atoms with Gasteiger partial charge in [-0.25, -0.2) is 0 Å². The molecule has 0 aromatic heterocycles. The number of aromatic hydroxyl groups is 1. The Kier molecular flexibility index (Phi) is 5.99. The van der Waals surface area contributed by atoms with Gasteiger partial charge in [-0.3, -0.25) is 14.4 Å². The van der Waals surface area contributed by atoms with Crippen LogP contribution in [0.1, 0.15) is 28.7 Å². The smallest absolute Gasteiger partial charge is 0.310 e. The minimum Gasteiger partial charge on any atom is -0.493 e. The molecule has 3 aliphatic rings. The number of anilines is 1. The van der Waals surface area contributed by atoms with Crippen LogP contribution in [0.3, 0.4) is 0 Å². The molecular weight excluding hydrogens is 484 g/mol. The molecule has 32 heavy (non-hydrogen) atoms. The summed E-state index contributed by atoms with van der Waals surface area (Å²) in [6, 6.07) is 6.85. The number of amides is 2. The molecule has 0 saturated carbocycles. The molecular formula is C21H19BrN4O6. The lowest BCUT2D eigenvalue weighted by atomic mass is 10.1. The summed E-state index contributed by atoms with van der Waals surface area (Å²) in [7, 11) is 0. The Labute approximate surface area is 190 Å². The van der Waals surface area contributed by atoms with E-state index < -0.39 is 11.9 Å². The van der Waals surface area contributed by atoms with Crippen molar-refractivity contribution in [2.24, 2.45) is 0 Å². The van der Waals surface area contributed by atoms with Gasteiger partial charge < -0.3 is 30.2 Å². The fraction of sp³-hybridized carbons (Fsp3) is 0.238. The number of aromatic amines is 1. The summed E-state index contributed by atoms with van der Waals surface area (Å²) in [4.78, 5) is 42.8. The van der Waals surface area contributed by atoms with E-state index in [0.29, 0.717) is 32.7 Å². The number of esters is 1. The van der Waals surface area contributed by atoms with Gasteiger partial charge in [0.1, 0.15) is 5.75 Å². The van der Waals surface area contributed by atoms with Crippen molar-refractivity contribution in [3.05, 3.63) is 45.7 Å². The summed E-state index contributed by atoms with van der Waals surface area (Å²) in [5.74, 6) is -1.12. The number of halogens is 1. The molecule has 1 aromatic carbocycles. The topological polar surface area (TPSA) is 143 Å². The van der Waals surface area contributed by atoms with Crippen LogP contribution in [0.2, 0.25) is 0 Å². The summed E-state index contributed by atoms with van der Waals surface area (Å²) in [6.45, 7) is 2.09. The number of ether oxygens (including phenoxy) is 2. The number of nitrogens with one attached hydrogen (secondary N) is 3. The van der Waals surface area contributed by atoms with Crippen molar-refractivity contribution >= 4 is 39.4 Å². The lowest BCUT2D eigenvalue weighted by Gasteiger charge is -2.18. The third-order valence-corrected chi connectivity index (χ3v) is 5.50. The van der Waals surface area contributed by atoms with Crippen LogP contribution >= 0.6 is 15.9 Å². The molecule has 10 nitrogen and oxygen atoms in total. The fourth-order valence-corrected chi connectivity index (χ4v) is 3.95. The van der Waals surface area contributed by atoms with Gasteiger partial charge >= 0.3 is 5.97 Å². The molecule has 0 bridgehead atoms. The summed E-state index contributed by atoms with van der Waals surface area (Å²) in [5, 5.41) is 15.9. The molecule has 2 heterocycles.